The van der Waals surface area contributed by atoms with E-state index in [9.17, 15) is 19.5 Å². The number of pyridine rings is 1. The summed E-state index contributed by atoms with van der Waals surface area (Å²) in [6, 6.07) is 2.92. The molecule has 4 rings (SSSR count). The zero-order valence-corrected chi connectivity index (χ0v) is 22.2. The van der Waals surface area contributed by atoms with Crippen LogP contribution >= 0.6 is 35.1 Å². The maximum atomic E-state index is 13.0. The number of thioether (sulfide) groups is 2. The number of aromatic nitrogens is 3. The van der Waals surface area contributed by atoms with Crippen molar-refractivity contribution in [3.05, 3.63) is 52.1 Å². The number of nitrogens with two attached hydrogens (primary N) is 1. The largest absolute Gasteiger partial charge is 0.477 e. The monoisotopic (exact) mass is 561 g/mol. The Labute approximate surface area is 224 Å². The number of carboxylic acid groups (broad SMARTS) is 1. The molecule has 2 aromatic heterocycles. The average molecular weight is 562 g/mol. The van der Waals surface area contributed by atoms with E-state index < -0.39 is 29.2 Å². The Balaban J connectivity index is 1.44. The molecule has 2 atom stereocenters. The third-order valence-electron chi connectivity index (χ3n) is 5.24. The normalized spacial score (nSPS) is 19.6. The fourth-order valence-electron chi connectivity index (χ4n) is 3.50. The number of carbonyl (C=O) groups is 3. The van der Waals surface area contributed by atoms with Crippen LogP contribution in [0.2, 0.25) is 0 Å². The van der Waals surface area contributed by atoms with Crippen molar-refractivity contribution in [3.63, 3.8) is 0 Å². The molecule has 2 aromatic rings. The van der Waals surface area contributed by atoms with E-state index in [0.717, 1.165) is 22.8 Å². The zero-order chi connectivity index (χ0) is 26.5. The summed E-state index contributed by atoms with van der Waals surface area (Å²) < 4.78 is 3.98. The molecule has 194 valence electrons. The number of hydrogen-bond donors (Lipinski definition) is 3. The van der Waals surface area contributed by atoms with Gasteiger partial charge in [0.2, 0.25) is 11.5 Å². The SMILES string of the molecule is CCON=C(C(=O)NC1C(=O)N2C(C(=O)O)=C(CS/C=C\c3ccc(C)nc3)CS[C@H]12)c1nsc(N)n1. The second kappa shape index (κ2) is 11.7. The van der Waals surface area contributed by atoms with Crippen molar-refractivity contribution < 1.29 is 24.3 Å². The van der Waals surface area contributed by atoms with Crippen molar-refractivity contribution in [1.82, 2.24) is 24.6 Å². The molecule has 15 heteroatoms. The Morgan fingerprint density at radius 3 is 2.89 bits per heavy atom. The number of anilines is 1. The summed E-state index contributed by atoms with van der Waals surface area (Å²) >= 11 is 3.70. The smallest absolute Gasteiger partial charge is 0.352 e. The minimum absolute atomic E-state index is 0.0201. The summed E-state index contributed by atoms with van der Waals surface area (Å²) in [6.45, 7) is 3.81. The fourth-order valence-corrected chi connectivity index (χ4v) is 6.20. The van der Waals surface area contributed by atoms with Crippen LogP contribution in [0, 0.1) is 6.92 Å². The quantitative estimate of drug-likeness (QED) is 0.219. The lowest BCUT2D eigenvalue weighted by Gasteiger charge is -2.49. The third-order valence-corrected chi connectivity index (χ3v) is 7.96. The van der Waals surface area contributed by atoms with E-state index in [-0.39, 0.29) is 29.0 Å². The van der Waals surface area contributed by atoms with Gasteiger partial charge in [0, 0.05) is 34.9 Å². The Hall–Kier alpha value is -3.43. The number of aliphatic carboxylic acids is 1. The molecule has 0 aromatic carbocycles. The summed E-state index contributed by atoms with van der Waals surface area (Å²) in [7, 11) is 0. The number of nitrogens with zero attached hydrogens (tertiary/aromatic N) is 5. The fraction of sp³-hybridized carbons (Fsp3) is 0.318. The minimum Gasteiger partial charge on any atom is -0.477 e. The molecule has 12 nitrogen and oxygen atoms in total. The molecule has 1 saturated heterocycles. The van der Waals surface area contributed by atoms with Gasteiger partial charge in [0.25, 0.3) is 11.8 Å². The van der Waals surface area contributed by atoms with E-state index in [1.54, 1.807) is 13.1 Å². The van der Waals surface area contributed by atoms with Crippen molar-refractivity contribution in [2.24, 2.45) is 5.16 Å². The van der Waals surface area contributed by atoms with Gasteiger partial charge < -0.3 is 21.0 Å². The molecule has 0 saturated carbocycles. The summed E-state index contributed by atoms with van der Waals surface area (Å²) in [5, 5.41) is 17.7. The number of aryl methyl sites for hydroxylation is 1. The Morgan fingerprint density at radius 2 is 2.24 bits per heavy atom. The van der Waals surface area contributed by atoms with Crippen LogP contribution in [0.15, 0.2) is 40.2 Å². The van der Waals surface area contributed by atoms with Crippen molar-refractivity contribution in [2.75, 3.05) is 23.8 Å². The lowest BCUT2D eigenvalue weighted by atomic mass is 10.0. The average Bonchev–Trinajstić information content (AvgIpc) is 3.31. The van der Waals surface area contributed by atoms with Crippen LogP contribution in [-0.4, -0.2) is 77.4 Å². The molecule has 1 fully saturated rings. The van der Waals surface area contributed by atoms with Gasteiger partial charge in [0.15, 0.2) is 5.13 Å². The van der Waals surface area contributed by atoms with Gasteiger partial charge in [-0.05, 0) is 42.5 Å². The zero-order valence-electron chi connectivity index (χ0n) is 19.8. The predicted octanol–water partition coefficient (Wildman–Crippen LogP) is 1.71. The number of rotatable bonds is 10. The molecule has 4 heterocycles. The number of carboxylic acids is 1. The highest BCUT2D eigenvalue weighted by molar-refractivity contribution is 8.02. The molecule has 2 amide bonds. The van der Waals surface area contributed by atoms with Crippen LogP contribution in [0.4, 0.5) is 5.13 Å². The van der Waals surface area contributed by atoms with Gasteiger partial charge in [-0.25, -0.2) is 4.79 Å². The predicted molar refractivity (Wildman–Crippen MR) is 143 cm³/mol. The Morgan fingerprint density at radius 1 is 1.43 bits per heavy atom. The Bertz CT molecular complexity index is 1290. The van der Waals surface area contributed by atoms with Gasteiger partial charge in [0.1, 0.15) is 23.7 Å². The highest BCUT2D eigenvalue weighted by Crippen LogP contribution is 2.41. The molecule has 2 aliphatic heterocycles. The highest BCUT2D eigenvalue weighted by Gasteiger charge is 2.54. The first kappa shape index (κ1) is 26.6. The molecule has 0 spiro atoms. The lowest BCUT2D eigenvalue weighted by molar-refractivity contribution is -0.150. The number of nitrogen functional groups attached to an aromatic ring is 1. The molecule has 1 unspecified atom stereocenters. The second-order valence-electron chi connectivity index (χ2n) is 7.78. The van der Waals surface area contributed by atoms with Crippen LogP contribution in [-0.2, 0) is 19.2 Å². The van der Waals surface area contributed by atoms with Crippen molar-refractivity contribution >= 4 is 69.8 Å². The van der Waals surface area contributed by atoms with Crippen LogP contribution < -0.4 is 11.1 Å². The number of β-lactam (4-membered cyclic amide) rings is 1. The van der Waals surface area contributed by atoms with Gasteiger partial charge in [0.05, 0.1) is 0 Å². The second-order valence-corrected chi connectivity index (χ2v) is 10.6. The lowest BCUT2D eigenvalue weighted by Crippen LogP contribution is -2.71. The first-order valence-corrected chi connectivity index (χ1v) is 13.9. The van der Waals surface area contributed by atoms with Gasteiger partial charge in [-0.3, -0.25) is 19.5 Å². The van der Waals surface area contributed by atoms with E-state index in [4.69, 9.17) is 10.6 Å². The first-order valence-electron chi connectivity index (χ1n) is 11.0. The van der Waals surface area contributed by atoms with Crippen molar-refractivity contribution in [2.45, 2.75) is 25.3 Å². The molecule has 0 aliphatic carbocycles. The summed E-state index contributed by atoms with van der Waals surface area (Å²) in [5.41, 5.74) is 7.83. The summed E-state index contributed by atoms with van der Waals surface area (Å²) in [5.74, 6) is -1.64. The van der Waals surface area contributed by atoms with Crippen molar-refractivity contribution in [1.29, 1.82) is 0 Å². The molecule has 2 aliphatic rings. The number of oxime groups is 1. The van der Waals surface area contributed by atoms with Crippen LogP contribution in [0.3, 0.4) is 0 Å². The highest BCUT2D eigenvalue weighted by atomic mass is 32.2. The van der Waals surface area contributed by atoms with Gasteiger partial charge in [-0.15, -0.1) is 23.5 Å². The molecular weight excluding hydrogens is 538 g/mol. The van der Waals surface area contributed by atoms with Gasteiger partial charge in [-0.2, -0.15) is 9.36 Å². The number of carbonyl (C=O) groups excluding carboxylic acids is 2. The molecule has 37 heavy (non-hydrogen) atoms. The van der Waals surface area contributed by atoms with E-state index in [2.05, 4.69) is 24.8 Å². The Kier molecular flexibility index (Phi) is 8.45. The third kappa shape index (κ3) is 5.94. The van der Waals surface area contributed by atoms with Gasteiger partial charge in [-0.1, -0.05) is 11.2 Å². The first-order chi connectivity index (χ1) is 17.8. The minimum atomic E-state index is -1.19. The maximum Gasteiger partial charge on any atom is 0.352 e. The van der Waals surface area contributed by atoms with Crippen molar-refractivity contribution in [3.8, 4) is 0 Å². The molecule has 4 N–H and O–H groups in total. The summed E-state index contributed by atoms with van der Waals surface area (Å²) in [4.78, 5) is 52.4. The van der Waals surface area contributed by atoms with Crippen LogP contribution in [0.25, 0.3) is 6.08 Å². The maximum absolute atomic E-state index is 13.0. The van der Waals surface area contributed by atoms with Crippen LogP contribution in [0.5, 0.6) is 0 Å². The number of nitrogens with one attached hydrogen (secondary N) is 1. The van der Waals surface area contributed by atoms with E-state index in [0.29, 0.717) is 17.1 Å². The van der Waals surface area contributed by atoms with E-state index in [1.807, 2.05) is 30.5 Å². The molecule has 0 bridgehead atoms. The number of amides is 2. The molecular formula is C22H23N7O5S3. The van der Waals surface area contributed by atoms with E-state index in [1.165, 1.54) is 28.4 Å². The topological polar surface area (TPSA) is 173 Å². The van der Waals surface area contributed by atoms with E-state index >= 15 is 0 Å². The number of fused-ring (bicyclic) bond motifs is 1. The standard InChI is InChI=1S/C22H23N7O5S3/c1-3-34-27-14(17-26-22(23)37-28-17)18(30)25-15-19(31)29-16(21(32)33)13(10-36-20(15)29)9-35-7-6-12-5-4-11(2)24-8-12/h4-8,15,20H,3,9-10H2,1-2H3,(H,25,30)(H,32,33)(H2,23,26,28)/b7-6-,27-14?/t15?,20-/m1/s1. The summed E-state index contributed by atoms with van der Waals surface area (Å²) in [6.07, 6.45) is 3.65. The number of hydrogen-bond acceptors (Lipinski definition) is 12. The molecule has 0 radical (unpaired) electrons. The van der Waals surface area contributed by atoms with Crippen LogP contribution in [0.1, 0.15) is 24.0 Å². The van der Waals surface area contributed by atoms with Gasteiger partial charge >= 0.3 is 5.97 Å².